The summed E-state index contributed by atoms with van der Waals surface area (Å²) in [5.41, 5.74) is 6.27. The van der Waals surface area contributed by atoms with Gasteiger partial charge in [0, 0.05) is 22.9 Å². The van der Waals surface area contributed by atoms with Gasteiger partial charge in [-0.05, 0) is 24.3 Å². The van der Waals surface area contributed by atoms with Gasteiger partial charge in [0.1, 0.15) is 34.2 Å². The Morgan fingerprint density at radius 1 is 1.21 bits per heavy atom. The number of aromatic nitrogens is 2. The van der Waals surface area contributed by atoms with Crippen LogP contribution in [0.3, 0.4) is 0 Å². The number of aromatic amines is 1. The van der Waals surface area contributed by atoms with Gasteiger partial charge in [0.25, 0.3) is 0 Å². The highest BCUT2D eigenvalue weighted by Crippen LogP contribution is 2.42. The summed E-state index contributed by atoms with van der Waals surface area (Å²) in [6.45, 7) is 0. The maximum Gasteiger partial charge on any atom is 0.416 e. The molecule has 1 unspecified atom stereocenters. The van der Waals surface area contributed by atoms with Crippen LogP contribution < -0.4 is 15.2 Å². The number of ether oxygens (including phenoxy) is 1. The van der Waals surface area contributed by atoms with E-state index in [4.69, 9.17) is 22.1 Å². The number of nitrogen functional groups attached to an aromatic ring is 1. The zero-order valence-electron chi connectivity index (χ0n) is 16.7. The van der Waals surface area contributed by atoms with Crippen LogP contribution in [-0.2, 0) is 16.2 Å². The molecule has 1 aromatic heterocycles. The molecule has 15 heteroatoms. The lowest BCUT2D eigenvalue weighted by Gasteiger charge is -2.16. The maximum absolute atomic E-state index is 14.8. The number of H-pyrrole nitrogens is 1. The molecule has 2 aromatic carbocycles. The van der Waals surface area contributed by atoms with Crippen molar-refractivity contribution in [1.82, 2.24) is 14.9 Å². The van der Waals surface area contributed by atoms with Crippen molar-refractivity contribution in [3.63, 3.8) is 0 Å². The third-order valence-electron chi connectivity index (χ3n) is 4.62. The minimum absolute atomic E-state index is 0.0262. The number of nitrogens with one attached hydrogen (secondary N) is 2. The van der Waals surface area contributed by atoms with Crippen LogP contribution in [0, 0.1) is 5.82 Å². The summed E-state index contributed by atoms with van der Waals surface area (Å²) in [5, 5.41) is 5.81. The second-order valence-electron chi connectivity index (χ2n) is 6.95. The predicted octanol–water partition coefficient (Wildman–Crippen LogP) is 4.64. The Bertz CT molecular complexity index is 1380. The highest BCUT2D eigenvalue weighted by Gasteiger charge is 2.32. The molecule has 180 valence electrons. The van der Waals surface area contributed by atoms with E-state index >= 15 is 0 Å². The van der Waals surface area contributed by atoms with E-state index in [1.54, 1.807) is 0 Å². The lowest BCUT2D eigenvalue weighted by atomic mass is 10.0. The summed E-state index contributed by atoms with van der Waals surface area (Å²) in [6, 6.07) is 4.15. The fourth-order valence-electron chi connectivity index (χ4n) is 3.03. The van der Waals surface area contributed by atoms with Crippen LogP contribution >= 0.6 is 23.4 Å². The molecule has 8 nitrogen and oxygen atoms in total. The van der Waals surface area contributed by atoms with E-state index in [0.717, 1.165) is 30.3 Å². The number of hydrogen-bond acceptors (Lipinski definition) is 7. The monoisotopic (exact) mass is 535 g/mol. The number of anilines is 1. The second-order valence-corrected chi connectivity index (χ2v) is 9.91. The number of thioether (sulfide) groups is 1. The summed E-state index contributed by atoms with van der Waals surface area (Å²) in [5.74, 6) is -1.33. The van der Waals surface area contributed by atoms with Gasteiger partial charge in [0.2, 0.25) is 10.0 Å². The number of alkyl halides is 3. The van der Waals surface area contributed by atoms with E-state index in [9.17, 15) is 26.0 Å². The molecule has 0 aliphatic carbocycles. The number of halogens is 5. The Hall–Kier alpha value is -2.81. The van der Waals surface area contributed by atoms with Gasteiger partial charge in [0.05, 0.1) is 22.3 Å². The first-order valence-corrected chi connectivity index (χ1v) is 12.2. The fourth-order valence-corrected chi connectivity index (χ4v) is 5.29. The van der Waals surface area contributed by atoms with Gasteiger partial charge in [0.15, 0.2) is 0 Å². The molecule has 0 amide bonds. The Kier molecular flexibility index (Phi) is 6.50. The third-order valence-corrected chi connectivity index (χ3v) is 7.17. The highest BCUT2D eigenvalue weighted by atomic mass is 35.5. The molecule has 0 saturated carbocycles. The van der Waals surface area contributed by atoms with E-state index in [2.05, 4.69) is 19.9 Å². The first-order valence-electron chi connectivity index (χ1n) is 9.28. The van der Waals surface area contributed by atoms with Crippen molar-refractivity contribution < 1.29 is 30.7 Å². The molecule has 0 saturated heterocycles. The average molecular weight is 536 g/mol. The number of aliphatic imine (C=N–C) groups is 1. The molecule has 1 atom stereocenters. The van der Waals surface area contributed by atoms with Crippen molar-refractivity contribution >= 4 is 44.8 Å². The lowest BCUT2D eigenvalue weighted by Crippen LogP contribution is -2.34. The molecule has 1 aliphatic rings. The van der Waals surface area contributed by atoms with Crippen LogP contribution in [0.25, 0.3) is 11.1 Å². The summed E-state index contributed by atoms with van der Waals surface area (Å²) >= 11 is 7.43. The van der Waals surface area contributed by atoms with Crippen LogP contribution in [0.4, 0.5) is 23.4 Å². The van der Waals surface area contributed by atoms with Crippen molar-refractivity contribution in [2.45, 2.75) is 17.2 Å². The standard InChI is InChI=1S/C19H14ClF4N5O3S2/c20-12-4-16(34(30,31)29-17-7-33-8-26-17)13(21)5-15(12)32-14-2-1-9(19(22,23)24)3-10(14)11-6-27-28-18(11)25/h1-6,8,17,29H,7H2,(H3,25,27,28). The number of hydrogen-bond donors (Lipinski definition) is 3. The largest absolute Gasteiger partial charge is 0.455 e. The zero-order valence-corrected chi connectivity index (χ0v) is 19.1. The van der Waals surface area contributed by atoms with E-state index in [-0.39, 0.29) is 33.5 Å². The molecule has 0 spiro atoms. The molecule has 4 rings (SSSR count). The summed E-state index contributed by atoms with van der Waals surface area (Å²) in [7, 11) is -4.30. The normalized spacial score (nSPS) is 16.2. The van der Waals surface area contributed by atoms with Crippen molar-refractivity contribution in [2.24, 2.45) is 4.99 Å². The van der Waals surface area contributed by atoms with E-state index in [0.29, 0.717) is 5.75 Å². The number of sulfonamides is 1. The number of nitrogens with two attached hydrogens (primary N) is 1. The topological polar surface area (TPSA) is 122 Å². The van der Waals surface area contributed by atoms with Crippen molar-refractivity contribution in [1.29, 1.82) is 0 Å². The zero-order chi connectivity index (χ0) is 24.7. The lowest BCUT2D eigenvalue weighted by molar-refractivity contribution is -0.137. The Morgan fingerprint density at radius 3 is 2.59 bits per heavy atom. The molecular formula is C19H14ClF4N5O3S2. The smallest absolute Gasteiger partial charge is 0.416 e. The van der Waals surface area contributed by atoms with Gasteiger partial charge in [-0.1, -0.05) is 11.6 Å². The molecule has 0 fully saturated rings. The molecular weight excluding hydrogens is 522 g/mol. The molecule has 1 aliphatic heterocycles. The predicted molar refractivity (Wildman–Crippen MR) is 120 cm³/mol. The number of nitrogens with zero attached hydrogens (tertiary/aromatic N) is 2. The average Bonchev–Trinajstić information content (AvgIpc) is 3.41. The van der Waals surface area contributed by atoms with Crippen LogP contribution in [0.2, 0.25) is 5.02 Å². The molecule has 2 heterocycles. The van der Waals surface area contributed by atoms with Gasteiger partial charge in [-0.15, -0.1) is 11.8 Å². The van der Waals surface area contributed by atoms with Gasteiger partial charge >= 0.3 is 6.18 Å². The first-order chi connectivity index (χ1) is 16.0. The van der Waals surface area contributed by atoms with E-state index in [1.165, 1.54) is 23.5 Å². The SMILES string of the molecule is Nc1[nH]ncc1-c1cc(C(F)(F)F)ccc1Oc1cc(F)c(S(=O)(=O)NC2CSC=N2)cc1Cl. The van der Waals surface area contributed by atoms with Crippen molar-refractivity contribution in [3.05, 3.63) is 52.9 Å². The van der Waals surface area contributed by atoms with E-state index in [1.807, 2.05) is 0 Å². The fraction of sp³-hybridized carbons (Fsp3) is 0.158. The molecule has 3 aromatic rings. The van der Waals surface area contributed by atoms with Crippen LogP contribution in [0.1, 0.15) is 5.56 Å². The summed E-state index contributed by atoms with van der Waals surface area (Å²) in [4.78, 5) is 3.17. The van der Waals surface area contributed by atoms with Crippen molar-refractivity contribution in [2.75, 3.05) is 11.5 Å². The Morgan fingerprint density at radius 2 is 1.97 bits per heavy atom. The number of benzene rings is 2. The summed E-state index contributed by atoms with van der Waals surface area (Å²) in [6.07, 6.45) is -4.20. The quantitative estimate of drug-likeness (QED) is 0.395. The minimum atomic E-state index is -4.65. The van der Waals surface area contributed by atoms with Crippen LogP contribution in [-0.4, -0.2) is 36.1 Å². The van der Waals surface area contributed by atoms with Gasteiger partial charge in [-0.2, -0.15) is 23.0 Å². The minimum Gasteiger partial charge on any atom is -0.455 e. The molecule has 0 radical (unpaired) electrons. The third kappa shape index (κ3) is 4.99. The van der Waals surface area contributed by atoms with Gasteiger partial charge < -0.3 is 10.5 Å². The van der Waals surface area contributed by atoms with Gasteiger partial charge in [-0.25, -0.2) is 12.8 Å². The molecule has 4 N–H and O–H groups in total. The van der Waals surface area contributed by atoms with Crippen LogP contribution in [0.5, 0.6) is 11.5 Å². The van der Waals surface area contributed by atoms with E-state index < -0.39 is 38.6 Å². The van der Waals surface area contributed by atoms with Crippen LogP contribution in [0.15, 0.2) is 46.4 Å². The molecule has 34 heavy (non-hydrogen) atoms. The maximum atomic E-state index is 14.8. The molecule has 0 bridgehead atoms. The van der Waals surface area contributed by atoms with Gasteiger partial charge in [-0.3, -0.25) is 10.1 Å². The first kappa shape index (κ1) is 24.3. The number of rotatable bonds is 6. The Labute approximate surface area is 199 Å². The second kappa shape index (κ2) is 9.09. The summed E-state index contributed by atoms with van der Waals surface area (Å²) < 4.78 is 87.4. The Balaban J connectivity index is 1.71. The van der Waals surface area contributed by atoms with Crippen molar-refractivity contribution in [3.8, 4) is 22.6 Å². The highest BCUT2D eigenvalue weighted by molar-refractivity contribution is 8.12.